The predicted octanol–water partition coefficient (Wildman–Crippen LogP) is 0.171. The lowest BCUT2D eigenvalue weighted by atomic mass is 9.88. The maximum absolute atomic E-state index is 12.5. The molecule has 2 heterocycles. The summed E-state index contributed by atoms with van der Waals surface area (Å²) in [5, 5.41) is 0. The van der Waals surface area contributed by atoms with Crippen molar-refractivity contribution in [3.63, 3.8) is 0 Å². The van der Waals surface area contributed by atoms with Gasteiger partial charge in [-0.1, -0.05) is 6.92 Å². The summed E-state index contributed by atoms with van der Waals surface area (Å²) >= 11 is 0. The molecule has 0 aromatic heterocycles. The summed E-state index contributed by atoms with van der Waals surface area (Å²) in [6.07, 6.45) is 0.125. The van der Waals surface area contributed by atoms with Gasteiger partial charge in [0.25, 0.3) is 0 Å². The Hall–Kier alpha value is -0.690. The van der Waals surface area contributed by atoms with Gasteiger partial charge in [-0.25, -0.2) is 0 Å². The first-order valence-corrected chi connectivity index (χ1v) is 7.11. The highest BCUT2D eigenvalue weighted by molar-refractivity contribution is 7.86. The number of rotatable bonds is 4. The highest BCUT2D eigenvalue weighted by Crippen LogP contribution is 2.30. The number of hydrogen-bond donors (Lipinski definition) is 0. The van der Waals surface area contributed by atoms with Crippen molar-refractivity contribution in [1.29, 1.82) is 0 Å². The van der Waals surface area contributed by atoms with Crippen LogP contribution < -0.4 is 0 Å². The summed E-state index contributed by atoms with van der Waals surface area (Å²) in [5.41, 5.74) is -0.0286. The molecule has 1 atom stereocenters. The number of amides is 1. The first-order chi connectivity index (χ1) is 7.77. The van der Waals surface area contributed by atoms with Crippen LogP contribution in [0.2, 0.25) is 0 Å². The maximum atomic E-state index is 12.5. The minimum atomic E-state index is -4.49. The zero-order chi connectivity index (χ0) is 12.7. The Morgan fingerprint density at radius 1 is 1.53 bits per heavy atom. The summed E-state index contributed by atoms with van der Waals surface area (Å²) < 4.78 is 38.7. The largest absolute Gasteiger partial charge is 0.380 e. The van der Waals surface area contributed by atoms with Crippen LogP contribution in [0, 0.1) is 11.3 Å². The Kier molecular flexibility index (Phi) is 3.15. The third-order valence-corrected chi connectivity index (χ3v) is 4.07. The van der Waals surface area contributed by atoms with E-state index in [-0.39, 0.29) is 17.7 Å². The van der Waals surface area contributed by atoms with Gasteiger partial charge in [0, 0.05) is 30.8 Å². The number of likely N-dealkylation sites (tertiary alicyclic amines) is 1. The molecule has 5 nitrogen and oxygen atoms in total. The van der Waals surface area contributed by atoms with Gasteiger partial charge in [-0.3, -0.25) is 4.79 Å². The van der Waals surface area contributed by atoms with E-state index < -0.39 is 21.9 Å². The maximum Gasteiger partial charge on any atom is 0.302 e. The third-order valence-electron chi connectivity index (χ3n) is 3.20. The number of carbonyl (C=O) groups is 1. The summed E-state index contributed by atoms with van der Waals surface area (Å²) in [6.45, 7) is 4.14. The average molecular weight is 265 g/mol. The Morgan fingerprint density at radius 2 is 2.18 bits per heavy atom. The topological polar surface area (TPSA) is 63.7 Å². The van der Waals surface area contributed by atoms with Crippen LogP contribution in [0.3, 0.4) is 0 Å². The van der Waals surface area contributed by atoms with Crippen molar-refractivity contribution in [2.75, 3.05) is 32.1 Å². The average Bonchev–Trinajstić information content (AvgIpc) is 2.41. The smallest absolute Gasteiger partial charge is 0.302 e. The van der Waals surface area contributed by atoms with Crippen LogP contribution >= 0.6 is 0 Å². The van der Waals surface area contributed by atoms with Gasteiger partial charge in [0.15, 0.2) is 0 Å². The summed E-state index contributed by atoms with van der Waals surface area (Å²) in [6, 6.07) is 0. The molecule has 2 saturated heterocycles. The fourth-order valence-corrected chi connectivity index (χ4v) is 3.19. The first-order valence-electron chi connectivity index (χ1n) is 5.55. The number of hydrogen-bond acceptors (Lipinski definition) is 4. The van der Waals surface area contributed by atoms with Crippen molar-refractivity contribution in [2.45, 2.75) is 13.3 Å². The molecule has 2 rings (SSSR count). The molecule has 7 heteroatoms. The van der Waals surface area contributed by atoms with E-state index in [1.807, 2.05) is 6.92 Å². The fourth-order valence-electron chi connectivity index (χ4n) is 2.40. The second kappa shape index (κ2) is 4.20. The molecule has 0 radical (unpaired) electrons. The molecule has 2 fully saturated rings. The highest BCUT2D eigenvalue weighted by atomic mass is 32.3. The molecule has 1 unspecified atom stereocenters. The van der Waals surface area contributed by atoms with E-state index in [1.165, 1.54) is 0 Å². The number of ether oxygens (including phenoxy) is 1. The predicted molar refractivity (Wildman–Crippen MR) is 58.5 cm³/mol. The Morgan fingerprint density at radius 3 is 2.65 bits per heavy atom. The van der Waals surface area contributed by atoms with Gasteiger partial charge < -0.3 is 9.64 Å². The molecule has 0 saturated carbocycles. The van der Waals surface area contributed by atoms with Gasteiger partial charge in [-0.2, -0.15) is 8.42 Å². The molecule has 0 bridgehead atoms. The molecule has 1 amide bonds. The van der Waals surface area contributed by atoms with Crippen molar-refractivity contribution in [1.82, 2.24) is 4.90 Å². The van der Waals surface area contributed by atoms with E-state index in [0.717, 1.165) is 0 Å². The number of carbonyl (C=O) groups excluding carboxylic acids is 1. The van der Waals surface area contributed by atoms with Crippen molar-refractivity contribution < 1.29 is 21.8 Å². The lowest BCUT2D eigenvalue weighted by Gasteiger charge is -2.40. The van der Waals surface area contributed by atoms with Crippen LogP contribution in [0.1, 0.15) is 13.3 Å². The van der Waals surface area contributed by atoms with E-state index in [2.05, 4.69) is 0 Å². The molecule has 2 aliphatic heterocycles. The summed E-state index contributed by atoms with van der Waals surface area (Å²) in [7, 11) is -4.49. The third kappa shape index (κ3) is 3.16. The number of halogens is 1. The lowest BCUT2D eigenvalue weighted by molar-refractivity contribution is -0.140. The molecule has 0 spiro atoms. The normalized spacial score (nSPS) is 28.2. The van der Waals surface area contributed by atoms with Crippen molar-refractivity contribution >= 4 is 16.1 Å². The molecule has 0 N–H and O–H groups in total. The standard InChI is InChI=1S/C10H16FNO4S/c1-10(6-16-7-10)5-12-3-8(2-9(12)13)4-17(11,14)15/h8H,2-7H2,1H3. The van der Waals surface area contributed by atoms with Gasteiger partial charge in [-0.15, -0.1) is 3.89 Å². The first kappa shape index (κ1) is 12.8. The summed E-state index contributed by atoms with van der Waals surface area (Å²) in [4.78, 5) is 13.3. The van der Waals surface area contributed by atoms with Gasteiger partial charge in [0.05, 0.1) is 19.0 Å². The van der Waals surface area contributed by atoms with E-state index in [4.69, 9.17) is 4.74 Å². The van der Waals surface area contributed by atoms with Crippen LogP contribution in [0.25, 0.3) is 0 Å². The molecule has 98 valence electrons. The van der Waals surface area contributed by atoms with Gasteiger partial charge >= 0.3 is 10.2 Å². The van der Waals surface area contributed by atoms with Gasteiger partial charge in [-0.05, 0) is 0 Å². The second-order valence-corrected chi connectivity index (χ2v) is 6.76. The molecular weight excluding hydrogens is 249 g/mol. The SMILES string of the molecule is CC1(CN2CC(CS(=O)(=O)F)CC2=O)COC1. The highest BCUT2D eigenvalue weighted by Gasteiger charge is 2.40. The van der Waals surface area contributed by atoms with E-state index >= 15 is 0 Å². The molecule has 0 aliphatic carbocycles. The van der Waals surface area contributed by atoms with Crippen molar-refractivity contribution in [3.8, 4) is 0 Å². The van der Waals surface area contributed by atoms with E-state index in [9.17, 15) is 17.1 Å². The van der Waals surface area contributed by atoms with E-state index in [0.29, 0.717) is 26.3 Å². The molecule has 2 aliphatic rings. The molecular formula is C10H16FNO4S. The minimum Gasteiger partial charge on any atom is -0.380 e. The van der Waals surface area contributed by atoms with Crippen LogP contribution in [-0.2, 0) is 19.8 Å². The van der Waals surface area contributed by atoms with Gasteiger partial charge in [0.2, 0.25) is 5.91 Å². The molecule has 0 aromatic rings. The number of nitrogens with zero attached hydrogens (tertiary/aromatic N) is 1. The van der Waals surface area contributed by atoms with E-state index in [1.54, 1.807) is 4.90 Å². The summed E-state index contributed by atoms with van der Waals surface area (Å²) in [5.74, 6) is -1.06. The quantitative estimate of drug-likeness (QED) is 0.680. The molecule has 17 heavy (non-hydrogen) atoms. The van der Waals surface area contributed by atoms with Crippen LogP contribution in [0.5, 0.6) is 0 Å². The zero-order valence-electron chi connectivity index (χ0n) is 9.69. The fraction of sp³-hybridized carbons (Fsp3) is 0.900. The van der Waals surface area contributed by atoms with Gasteiger partial charge in [0.1, 0.15) is 0 Å². The Bertz CT molecular complexity index is 418. The monoisotopic (exact) mass is 265 g/mol. The van der Waals surface area contributed by atoms with Crippen molar-refractivity contribution in [3.05, 3.63) is 0 Å². The van der Waals surface area contributed by atoms with Crippen LogP contribution in [-0.4, -0.2) is 51.3 Å². The Balaban J connectivity index is 1.91. The van der Waals surface area contributed by atoms with Crippen molar-refractivity contribution in [2.24, 2.45) is 11.3 Å². The Labute approximate surface area is 100 Å². The molecule has 0 aromatic carbocycles. The zero-order valence-corrected chi connectivity index (χ0v) is 10.5. The lowest BCUT2D eigenvalue weighted by Crippen LogP contribution is -2.49. The second-order valence-electron chi connectivity index (χ2n) is 5.35. The van der Waals surface area contributed by atoms with Crippen LogP contribution in [0.4, 0.5) is 3.89 Å². The minimum absolute atomic E-state index is 0.0286. The van der Waals surface area contributed by atoms with Crippen LogP contribution in [0.15, 0.2) is 0 Å².